The predicted molar refractivity (Wildman–Crippen MR) is 86.4 cm³/mol. The maximum atomic E-state index is 6.13. The van der Waals surface area contributed by atoms with Gasteiger partial charge in [0.2, 0.25) is 0 Å². The SMILES string of the molecule is CCOc1ccc(NCc2cc(Cl)cc(Cl)c2)cc1Cl. The zero-order chi connectivity index (χ0) is 14.5. The Kier molecular flexibility index (Phi) is 5.41. The number of anilines is 1. The third-order valence-electron chi connectivity index (χ3n) is 2.65. The van der Waals surface area contributed by atoms with Crippen LogP contribution in [0.25, 0.3) is 0 Å². The van der Waals surface area contributed by atoms with Crippen molar-refractivity contribution in [3.63, 3.8) is 0 Å². The quantitative estimate of drug-likeness (QED) is 0.764. The molecule has 5 heteroatoms. The molecule has 106 valence electrons. The Hall–Kier alpha value is -1.09. The van der Waals surface area contributed by atoms with Crippen LogP contribution in [0.3, 0.4) is 0 Å². The zero-order valence-electron chi connectivity index (χ0n) is 10.9. The largest absolute Gasteiger partial charge is 0.492 e. The molecule has 0 saturated heterocycles. The average Bonchev–Trinajstić information content (AvgIpc) is 2.38. The van der Waals surface area contributed by atoms with Crippen molar-refractivity contribution in [2.45, 2.75) is 13.5 Å². The molecular formula is C15H14Cl3NO. The highest BCUT2D eigenvalue weighted by molar-refractivity contribution is 6.34. The molecule has 0 aliphatic carbocycles. The summed E-state index contributed by atoms with van der Waals surface area (Å²) < 4.78 is 5.39. The molecule has 0 amide bonds. The lowest BCUT2D eigenvalue weighted by atomic mass is 10.2. The Morgan fingerprint density at radius 3 is 2.30 bits per heavy atom. The molecular weight excluding hydrogens is 317 g/mol. The Morgan fingerprint density at radius 2 is 1.70 bits per heavy atom. The molecule has 0 heterocycles. The molecule has 0 unspecified atom stereocenters. The van der Waals surface area contributed by atoms with Crippen molar-refractivity contribution in [1.82, 2.24) is 0 Å². The van der Waals surface area contributed by atoms with Gasteiger partial charge in [-0.1, -0.05) is 34.8 Å². The van der Waals surface area contributed by atoms with Crippen molar-refractivity contribution < 1.29 is 4.74 Å². The molecule has 2 aromatic rings. The van der Waals surface area contributed by atoms with Crippen molar-refractivity contribution in [2.75, 3.05) is 11.9 Å². The minimum absolute atomic E-state index is 0.584. The monoisotopic (exact) mass is 329 g/mol. The summed E-state index contributed by atoms with van der Waals surface area (Å²) in [5, 5.41) is 5.10. The van der Waals surface area contributed by atoms with Crippen molar-refractivity contribution in [1.29, 1.82) is 0 Å². The van der Waals surface area contributed by atoms with Crippen molar-refractivity contribution >= 4 is 40.5 Å². The summed E-state index contributed by atoms with van der Waals surface area (Å²) in [6, 6.07) is 11.1. The van der Waals surface area contributed by atoms with Gasteiger partial charge in [0.05, 0.1) is 11.6 Å². The molecule has 0 radical (unpaired) electrons. The van der Waals surface area contributed by atoms with Crippen LogP contribution in [-0.4, -0.2) is 6.61 Å². The smallest absolute Gasteiger partial charge is 0.138 e. The van der Waals surface area contributed by atoms with Gasteiger partial charge in [-0.3, -0.25) is 0 Å². The molecule has 0 atom stereocenters. The number of rotatable bonds is 5. The van der Waals surface area contributed by atoms with Gasteiger partial charge in [0, 0.05) is 22.3 Å². The van der Waals surface area contributed by atoms with Gasteiger partial charge < -0.3 is 10.1 Å². The highest BCUT2D eigenvalue weighted by Gasteiger charge is 2.03. The third-order valence-corrected chi connectivity index (χ3v) is 3.38. The summed E-state index contributed by atoms with van der Waals surface area (Å²) in [6.07, 6.45) is 0. The van der Waals surface area contributed by atoms with Crippen LogP contribution in [0.15, 0.2) is 36.4 Å². The molecule has 20 heavy (non-hydrogen) atoms. The van der Waals surface area contributed by atoms with Crippen LogP contribution >= 0.6 is 34.8 Å². The molecule has 0 aliphatic rings. The van der Waals surface area contributed by atoms with E-state index in [9.17, 15) is 0 Å². The standard InChI is InChI=1S/C15H14Cl3NO/c1-2-20-15-4-3-13(8-14(15)18)19-9-10-5-11(16)7-12(17)6-10/h3-8,19H,2,9H2,1H3. The number of nitrogens with one attached hydrogen (secondary N) is 1. The van der Waals surface area contributed by atoms with E-state index in [-0.39, 0.29) is 0 Å². The van der Waals surface area contributed by atoms with Crippen LogP contribution in [0.5, 0.6) is 5.75 Å². The van der Waals surface area contributed by atoms with E-state index in [1.807, 2.05) is 37.3 Å². The number of hydrogen-bond donors (Lipinski definition) is 1. The lowest BCUT2D eigenvalue weighted by molar-refractivity contribution is 0.340. The topological polar surface area (TPSA) is 21.3 Å². The lowest BCUT2D eigenvalue weighted by Crippen LogP contribution is -2.00. The molecule has 0 aliphatic heterocycles. The lowest BCUT2D eigenvalue weighted by Gasteiger charge is -2.10. The molecule has 0 saturated carbocycles. The summed E-state index contributed by atoms with van der Waals surface area (Å²) in [5.74, 6) is 0.686. The minimum atomic E-state index is 0.584. The van der Waals surface area contributed by atoms with Crippen LogP contribution in [0, 0.1) is 0 Å². The van der Waals surface area contributed by atoms with Crippen LogP contribution in [-0.2, 0) is 6.54 Å². The van der Waals surface area contributed by atoms with E-state index in [0.29, 0.717) is 34.0 Å². The normalized spacial score (nSPS) is 10.4. The van der Waals surface area contributed by atoms with Gasteiger partial charge in [0.15, 0.2) is 0 Å². The van der Waals surface area contributed by atoms with Crippen molar-refractivity contribution in [3.8, 4) is 5.75 Å². The number of hydrogen-bond acceptors (Lipinski definition) is 2. The molecule has 2 aromatic carbocycles. The average molecular weight is 331 g/mol. The van der Waals surface area contributed by atoms with E-state index in [1.165, 1.54) is 0 Å². The highest BCUT2D eigenvalue weighted by Crippen LogP contribution is 2.28. The maximum absolute atomic E-state index is 6.13. The van der Waals surface area contributed by atoms with Gasteiger partial charge in [0.25, 0.3) is 0 Å². The second-order valence-corrected chi connectivity index (χ2v) is 5.49. The van der Waals surface area contributed by atoms with Crippen LogP contribution < -0.4 is 10.1 Å². The fourth-order valence-corrected chi connectivity index (χ4v) is 2.61. The van der Waals surface area contributed by atoms with E-state index in [0.717, 1.165) is 11.3 Å². The third kappa shape index (κ3) is 4.20. The molecule has 2 rings (SSSR count). The first kappa shape index (κ1) is 15.3. The molecule has 2 nitrogen and oxygen atoms in total. The maximum Gasteiger partial charge on any atom is 0.138 e. The first-order chi connectivity index (χ1) is 9.58. The molecule has 1 N–H and O–H groups in total. The Morgan fingerprint density at radius 1 is 1.00 bits per heavy atom. The van der Waals surface area contributed by atoms with Crippen LogP contribution in [0.4, 0.5) is 5.69 Å². The summed E-state index contributed by atoms with van der Waals surface area (Å²) in [7, 11) is 0. The summed E-state index contributed by atoms with van der Waals surface area (Å²) in [6.45, 7) is 3.13. The molecule has 0 spiro atoms. The highest BCUT2D eigenvalue weighted by atomic mass is 35.5. The minimum Gasteiger partial charge on any atom is -0.492 e. The van der Waals surface area contributed by atoms with E-state index >= 15 is 0 Å². The van der Waals surface area contributed by atoms with Gasteiger partial charge >= 0.3 is 0 Å². The zero-order valence-corrected chi connectivity index (χ0v) is 13.2. The van der Waals surface area contributed by atoms with E-state index in [4.69, 9.17) is 39.5 Å². The van der Waals surface area contributed by atoms with Crippen molar-refractivity contribution in [2.24, 2.45) is 0 Å². The van der Waals surface area contributed by atoms with Crippen LogP contribution in [0.2, 0.25) is 15.1 Å². The number of benzene rings is 2. The second kappa shape index (κ2) is 7.07. The second-order valence-electron chi connectivity index (χ2n) is 4.21. The summed E-state index contributed by atoms with van der Waals surface area (Å²) >= 11 is 18.1. The van der Waals surface area contributed by atoms with E-state index < -0.39 is 0 Å². The van der Waals surface area contributed by atoms with Crippen LogP contribution in [0.1, 0.15) is 12.5 Å². The fourth-order valence-electron chi connectivity index (χ4n) is 1.80. The van der Waals surface area contributed by atoms with Gasteiger partial charge in [-0.15, -0.1) is 0 Å². The molecule has 0 aromatic heterocycles. The number of ether oxygens (including phenoxy) is 1. The Labute approximate surface area is 133 Å². The predicted octanol–water partition coefficient (Wildman–Crippen LogP) is 5.66. The van der Waals surface area contributed by atoms with Gasteiger partial charge in [-0.05, 0) is 48.9 Å². The number of halogens is 3. The van der Waals surface area contributed by atoms with Gasteiger partial charge in [-0.2, -0.15) is 0 Å². The Bertz CT molecular complexity index is 581. The molecule has 0 fully saturated rings. The fraction of sp³-hybridized carbons (Fsp3) is 0.200. The van der Waals surface area contributed by atoms with E-state index in [2.05, 4.69) is 5.32 Å². The van der Waals surface area contributed by atoms with E-state index in [1.54, 1.807) is 6.07 Å². The van der Waals surface area contributed by atoms with Gasteiger partial charge in [-0.25, -0.2) is 0 Å². The summed E-state index contributed by atoms with van der Waals surface area (Å²) in [5.41, 5.74) is 1.92. The first-order valence-electron chi connectivity index (χ1n) is 6.19. The molecule has 0 bridgehead atoms. The van der Waals surface area contributed by atoms with Crippen molar-refractivity contribution in [3.05, 3.63) is 57.0 Å². The Balaban J connectivity index is 2.05. The van der Waals surface area contributed by atoms with Gasteiger partial charge in [0.1, 0.15) is 5.75 Å². The summed E-state index contributed by atoms with van der Waals surface area (Å²) in [4.78, 5) is 0. The first-order valence-corrected chi connectivity index (χ1v) is 7.33.